The van der Waals surface area contributed by atoms with Crippen LogP contribution in [-0.4, -0.2) is 28.8 Å². The van der Waals surface area contributed by atoms with Crippen LogP contribution in [0.4, 0.5) is 11.4 Å². The maximum Gasteiger partial charge on any atom is 0.254 e. The molecule has 2 aromatic rings. The quantitative estimate of drug-likeness (QED) is 0.868. The van der Waals surface area contributed by atoms with Crippen LogP contribution in [0.1, 0.15) is 42.1 Å². The van der Waals surface area contributed by atoms with Crippen molar-refractivity contribution in [1.82, 2.24) is 9.97 Å². The Morgan fingerprint density at radius 3 is 2.56 bits per heavy atom. The van der Waals surface area contributed by atoms with Gasteiger partial charge in [0.1, 0.15) is 5.82 Å². The molecule has 0 saturated carbocycles. The molecular weight excluding hydrogens is 344 g/mol. The number of hydrogen-bond acceptors (Lipinski definition) is 4. The number of rotatable bonds is 3. The van der Waals surface area contributed by atoms with Gasteiger partial charge in [0, 0.05) is 18.3 Å². The normalized spacial score (nSPS) is 15.0. The highest BCUT2D eigenvalue weighted by Gasteiger charge is 2.43. The number of amides is 2. The summed E-state index contributed by atoms with van der Waals surface area (Å²) in [7, 11) is 1.77. The number of nitrogens with zero attached hydrogens (tertiary/aromatic N) is 2. The smallest absolute Gasteiger partial charge is 0.254 e. The van der Waals surface area contributed by atoms with Gasteiger partial charge < -0.3 is 15.2 Å². The number of H-pyrrole nitrogens is 1. The van der Waals surface area contributed by atoms with E-state index in [1.165, 1.54) is 0 Å². The van der Waals surface area contributed by atoms with Crippen molar-refractivity contribution in [2.75, 3.05) is 17.3 Å². The monoisotopic (exact) mass is 368 g/mol. The summed E-state index contributed by atoms with van der Waals surface area (Å²) in [5, 5.41) is 2.87. The standard InChI is InChI=1S/C20H24N4O3/c1-10-7-13(8-14-17(10)24(6)19(27)20(14,4)5)23-16(25)9-15-11(2)18(26)22-12(3)21-15/h7-8H,9H2,1-6H3,(H,23,25)(H,21,22,26). The van der Waals surface area contributed by atoms with Gasteiger partial charge in [0.15, 0.2) is 0 Å². The number of fused-ring (bicyclic) bond motifs is 1. The second kappa shape index (κ2) is 6.33. The van der Waals surface area contributed by atoms with Gasteiger partial charge in [-0.3, -0.25) is 14.4 Å². The lowest BCUT2D eigenvalue weighted by Gasteiger charge is -2.17. The fourth-order valence-corrected chi connectivity index (χ4v) is 3.64. The molecule has 0 atom stereocenters. The zero-order chi connectivity index (χ0) is 20.1. The molecular formula is C20H24N4O3. The van der Waals surface area contributed by atoms with Crippen molar-refractivity contribution < 1.29 is 9.59 Å². The van der Waals surface area contributed by atoms with E-state index in [-0.39, 0.29) is 23.8 Å². The van der Waals surface area contributed by atoms with Gasteiger partial charge in [-0.15, -0.1) is 0 Å². The maximum absolute atomic E-state index is 12.5. The van der Waals surface area contributed by atoms with Crippen molar-refractivity contribution in [2.45, 2.75) is 46.5 Å². The number of anilines is 2. The van der Waals surface area contributed by atoms with Gasteiger partial charge in [0.05, 0.1) is 23.2 Å². The number of benzene rings is 1. The Labute approximate surface area is 157 Å². The summed E-state index contributed by atoms with van der Waals surface area (Å²) in [6, 6.07) is 3.70. The van der Waals surface area contributed by atoms with Gasteiger partial charge in [-0.05, 0) is 57.9 Å². The minimum Gasteiger partial charge on any atom is -0.326 e. The highest BCUT2D eigenvalue weighted by Crippen LogP contribution is 2.44. The Hall–Kier alpha value is -2.96. The number of aromatic amines is 1. The Balaban J connectivity index is 1.89. The number of aryl methyl sites for hydroxylation is 2. The minimum atomic E-state index is -0.641. The second-order valence-corrected chi connectivity index (χ2v) is 7.63. The summed E-state index contributed by atoms with van der Waals surface area (Å²) in [6.45, 7) is 9.02. The highest BCUT2D eigenvalue weighted by atomic mass is 16.2. The van der Waals surface area contributed by atoms with Crippen molar-refractivity contribution in [3.63, 3.8) is 0 Å². The van der Waals surface area contributed by atoms with Crippen LogP contribution in [0, 0.1) is 20.8 Å². The van der Waals surface area contributed by atoms with Gasteiger partial charge in [-0.2, -0.15) is 0 Å². The molecule has 2 N–H and O–H groups in total. The Morgan fingerprint density at radius 1 is 1.22 bits per heavy atom. The Kier molecular flexibility index (Phi) is 4.41. The van der Waals surface area contributed by atoms with Crippen molar-refractivity contribution in [2.24, 2.45) is 0 Å². The Morgan fingerprint density at radius 2 is 1.89 bits per heavy atom. The summed E-state index contributed by atoms with van der Waals surface area (Å²) in [5.41, 5.74) is 3.37. The van der Waals surface area contributed by atoms with Crippen LogP contribution in [0.25, 0.3) is 0 Å². The summed E-state index contributed by atoms with van der Waals surface area (Å²) < 4.78 is 0. The van der Waals surface area contributed by atoms with Crippen LogP contribution in [0.15, 0.2) is 16.9 Å². The number of hydrogen-bond donors (Lipinski definition) is 2. The minimum absolute atomic E-state index is 0.00888. The van der Waals surface area contributed by atoms with Gasteiger partial charge in [-0.1, -0.05) is 0 Å². The number of likely N-dealkylation sites (N-methyl/N-ethyl adjacent to an activating group) is 1. The first kappa shape index (κ1) is 18.8. The van der Waals surface area contributed by atoms with Crippen LogP contribution in [0.3, 0.4) is 0 Å². The first-order chi connectivity index (χ1) is 12.5. The molecule has 0 unspecified atom stereocenters. The lowest BCUT2D eigenvalue weighted by atomic mass is 9.85. The molecule has 2 heterocycles. The molecule has 1 aliphatic heterocycles. The number of aromatic nitrogens is 2. The molecule has 1 aromatic carbocycles. The van der Waals surface area contributed by atoms with E-state index in [0.717, 1.165) is 16.8 Å². The van der Waals surface area contributed by atoms with Crippen molar-refractivity contribution >= 4 is 23.2 Å². The van der Waals surface area contributed by atoms with Gasteiger partial charge in [0.25, 0.3) is 5.56 Å². The topological polar surface area (TPSA) is 95.2 Å². The average Bonchev–Trinajstić information content (AvgIpc) is 2.73. The molecule has 7 heteroatoms. The van der Waals surface area contributed by atoms with Crippen LogP contribution in [0.5, 0.6) is 0 Å². The van der Waals surface area contributed by atoms with Crippen LogP contribution in [0.2, 0.25) is 0 Å². The molecule has 2 amide bonds. The zero-order valence-corrected chi connectivity index (χ0v) is 16.5. The molecule has 1 aliphatic rings. The first-order valence-corrected chi connectivity index (χ1v) is 8.82. The molecule has 7 nitrogen and oxygen atoms in total. The second-order valence-electron chi connectivity index (χ2n) is 7.63. The van der Waals surface area contributed by atoms with E-state index < -0.39 is 5.41 Å². The van der Waals surface area contributed by atoms with Crippen molar-refractivity contribution in [3.05, 3.63) is 50.7 Å². The summed E-state index contributed by atoms with van der Waals surface area (Å²) in [6.07, 6.45) is 0.00888. The van der Waals surface area contributed by atoms with E-state index >= 15 is 0 Å². The summed E-state index contributed by atoms with van der Waals surface area (Å²) in [5.74, 6) is 0.249. The fourth-order valence-electron chi connectivity index (χ4n) is 3.64. The molecule has 1 aromatic heterocycles. The molecule has 27 heavy (non-hydrogen) atoms. The predicted octanol–water partition coefficient (Wildman–Crippen LogP) is 2.13. The third-order valence-electron chi connectivity index (χ3n) is 5.13. The summed E-state index contributed by atoms with van der Waals surface area (Å²) >= 11 is 0. The van der Waals surface area contributed by atoms with Gasteiger partial charge >= 0.3 is 0 Å². The molecule has 142 valence electrons. The number of carbonyl (C=O) groups is 2. The van der Waals surface area contributed by atoms with E-state index in [9.17, 15) is 14.4 Å². The molecule has 0 saturated heterocycles. The number of carbonyl (C=O) groups excluding carboxylic acids is 2. The zero-order valence-electron chi connectivity index (χ0n) is 16.5. The predicted molar refractivity (Wildman–Crippen MR) is 104 cm³/mol. The third kappa shape index (κ3) is 3.13. The molecule has 0 spiro atoms. The fraction of sp³-hybridized carbons (Fsp3) is 0.400. The number of nitrogens with one attached hydrogen (secondary N) is 2. The van der Waals surface area contributed by atoms with Crippen molar-refractivity contribution in [3.8, 4) is 0 Å². The van der Waals surface area contributed by atoms with Gasteiger partial charge in [-0.25, -0.2) is 4.98 Å². The maximum atomic E-state index is 12.5. The van der Waals surface area contributed by atoms with Crippen LogP contribution < -0.4 is 15.8 Å². The third-order valence-corrected chi connectivity index (χ3v) is 5.13. The van der Waals surface area contributed by atoms with E-state index in [1.54, 1.807) is 25.8 Å². The van der Waals surface area contributed by atoms with E-state index in [1.807, 2.05) is 32.9 Å². The molecule has 0 aliphatic carbocycles. The van der Waals surface area contributed by atoms with E-state index in [4.69, 9.17) is 0 Å². The van der Waals surface area contributed by atoms with Crippen LogP contribution >= 0.6 is 0 Å². The highest BCUT2D eigenvalue weighted by molar-refractivity contribution is 6.08. The first-order valence-electron chi connectivity index (χ1n) is 8.82. The van der Waals surface area contributed by atoms with E-state index in [0.29, 0.717) is 22.8 Å². The van der Waals surface area contributed by atoms with Gasteiger partial charge in [0.2, 0.25) is 11.8 Å². The Bertz CT molecular complexity index is 1020. The molecule has 0 fully saturated rings. The lowest BCUT2D eigenvalue weighted by Crippen LogP contribution is -2.33. The molecule has 0 bridgehead atoms. The lowest BCUT2D eigenvalue weighted by molar-refractivity contribution is -0.121. The SMILES string of the molecule is Cc1nc(CC(=O)Nc2cc(C)c3c(c2)C(C)(C)C(=O)N3C)c(C)c(=O)[nH]1. The molecule has 0 radical (unpaired) electrons. The van der Waals surface area contributed by atoms with Crippen molar-refractivity contribution in [1.29, 1.82) is 0 Å². The summed E-state index contributed by atoms with van der Waals surface area (Å²) in [4.78, 5) is 45.4. The van der Waals surface area contributed by atoms with E-state index in [2.05, 4.69) is 15.3 Å². The molecule has 3 rings (SSSR count). The largest absolute Gasteiger partial charge is 0.326 e. The average molecular weight is 368 g/mol. The van der Waals surface area contributed by atoms with Crippen LogP contribution in [-0.2, 0) is 21.4 Å².